The molecule has 22 heavy (non-hydrogen) atoms. The van der Waals surface area contributed by atoms with Gasteiger partial charge in [-0.15, -0.1) is 0 Å². The first-order chi connectivity index (χ1) is 10.8. The minimum Gasteiger partial charge on any atom is -0.381 e. The van der Waals surface area contributed by atoms with Crippen LogP contribution in [0.15, 0.2) is 60.7 Å². The van der Waals surface area contributed by atoms with Gasteiger partial charge in [-0.05, 0) is 30.5 Å². The number of hydrogen-bond donors (Lipinski definition) is 0. The minimum absolute atomic E-state index is 0.0299. The van der Waals surface area contributed by atoms with Crippen molar-refractivity contribution in [1.29, 1.82) is 0 Å². The van der Waals surface area contributed by atoms with Crippen molar-refractivity contribution in [1.82, 2.24) is 0 Å². The first-order valence-corrected chi connectivity index (χ1v) is 7.83. The van der Waals surface area contributed by atoms with Gasteiger partial charge in [0, 0.05) is 12.3 Å². The predicted octanol–water partition coefficient (Wildman–Crippen LogP) is 3.65. The maximum absolute atomic E-state index is 12.9. The fourth-order valence-electron chi connectivity index (χ4n) is 2.83. The summed E-state index contributed by atoms with van der Waals surface area (Å²) in [5, 5.41) is 0. The van der Waals surface area contributed by atoms with Gasteiger partial charge < -0.3 is 9.64 Å². The van der Waals surface area contributed by atoms with E-state index in [1.54, 1.807) is 0 Å². The van der Waals surface area contributed by atoms with Crippen LogP contribution in [0.5, 0.6) is 0 Å². The zero-order valence-corrected chi connectivity index (χ0v) is 12.7. The van der Waals surface area contributed by atoms with Crippen molar-refractivity contribution in [3.63, 3.8) is 0 Å². The average molecular weight is 295 g/mol. The third-order valence-corrected chi connectivity index (χ3v) is 4.03. The second-order valence-electron chi connectivity index (χ2n) is 5.66. The molecule has 1 heterocycles. The van der Waals surface area contributed by atoms with E-state index < -0.39 is 0 Å². The lowest BCUT2D eigenvalue weighted by Gasteiger charge is -2.29. The van der Waals surface area contributed by atoms with Crippen LogP contribution in [0.4, 0.5) is 5.69 Å². The Morgan fingerprint density at radius 2 is 1.73 bits per heavy atom. The molecule has 2 aromatic rings. The lowest BCUT2D eigenvalue weighted by atomic mass is 10.00. The summed E-state index contributed by atoms with van der Waals surface area (Å²) < 4.78 is 5.49. The molecule has 1 aliphatic rings. The fraction of sp³-hybridized carbons (Fsp3) is 0.316. The number of rotatable bonds is 4. The van der Waals surface area contributed by atoms with Gasteiger partial charge in [0.05, 0.1) is 19.1 Å². The molecular weight excluding hydrogens is 274 g/mol. The van der Waals surface area contributed by atoms with Gasteiger partial charge in [-0.2, -0.15) is 0 Å². The lowest BCUT2D eigenvalue weighted by Crippen LogP contribution is -2.39. The van der Waals surface area contributed by atoms with Crippen molar-refractivity contribution < 1.29 is 9.53 Å². The molecule has 0 aliphatic carbocycles. The molecule has 3 nitrogen and oxygen atoms in total. The number of hydrogen-bond acceptors (Lipinski definition) is 2. The van der Waals surface area contributed by atoms with Gasteiger partial charge in [0.25, 0.3) is 0 Å². The summed E-state index contributed by atoms with van der Waals surface area (Å²) in [5.41, 5.74) is 2.08. The number of anilines is 1. The van der Waals surface area contributed by atoms with Crippen molar-refractivity contribution in [2.45, 2.75) is 19.4 Å². The second-order valence-corrected chi connectivity index (χ2v) is 5.66. The van der Waals surface area contributed by atoms with Gasteiger partial charge in [-0.3, -0.25) is 4.79 Å². The number of nitrogens with zero attached hydrogens (tertiary/aromatic N) is 1. The van der Waals surface area contributed by atoms with Gasteiger partial charge in [-0.1, -0.05) is 48.5 Å². The van der Waals surface area contributed by atoms with Crippen molar-refractivity contribution in [2.75, 3.05) is 18.1 Å². The largest absolute Gasteiger partial charge is 0.381 e. The predicted molar refractivity (Wildman–Crippen MR) is 87.6 cm³/mol. The summed E-state index contributed by atoms with van der Waals surface area (Å²) in [7, 11) is 0. The van der Waals surface area contributed by atoms with Crippen LogP contribution in [-0.2, 0) is 16.1 Å². The molecule has 1 atom stereocenters. The highest BCUT2D eigenvalue weighted by Gasteiger charge is 2.27. The highest BCUT2D eigenvalue weighted by molar-refractivity contribution is 5.95. The summed E-state index contributed by atoms with van der Waals surface area (Å²) in [6.07, 6.45) is 1.88. The normalized spacial score (nSPS) is 17.9. The maximum atomic E-state index is 12.9. The standard InChI is InChI=1S/C19H21NO2/c21-19(17-10-7-13-22-15-17)20(18-11-5-2-6-12-18)14-16-8-3-1-4-9-16/h1-6,8-9,11-12,17H,7,10,13-15H2. The summed E-state index contributed by atoms with van der Waals surface area (Å²) in [6.45, 7) is 1.91. The topological polar surface area (TPSA) is 29.5 Å². The van der Waals surface area contributed by atoms with Gasteiger partial charge in [0.1, 0.15) is 0 Å². The molecule has 1 fully saturated rings. The zero-order chi connectivity index (χ0) is 15.2. The quantitative estimate of drug-likeness (QED) is 0.861. The molecule has 3 heteroatoms. The highest BCUT2D eigenvalue weighted by Crippen LogP contribution is 2.23. The molecule has 0 radical (unpaired) electrons. The van der Waals surface area contributed by atoms with Crippen molar-refractivity contribution in [3.05, 3.63) is 66.2 Å². The monoisotopic (exact) mass is 295 g/mol. The fourth-order valence-corrected chi connectivity index (χ4v) is 2.83. The van der Waals surface area contributed by atoms with Crippen LogP contribution in [0.3, 0.4) is 0 Å². The summed E-state index contributed by atoms with van der Waals surface area (Å²) in [5.74, 6) is 0.132. The van der Waals surface area contributed by atoms with Crippen LogP contribution in [0.1, 0.15) is 18.4 Å². The molecule has 0 saturated carbocycles. The van der Waals surface area contributed by atoms with Crippen LogP contribution in [0, 0.1) is 5.92 Å². The molecule has 2 aromatic carbocycles. The van der Waals surface area contributed by atoms with E-state index in [2.05, 4.69) is 12.1 Å². The van der Waals surface area contributed by atoms with Crippen LogP contribution >= 0.6 is 0 Å². The average Bonchev–Trinajstić information content (AvgIpc) is 2.61. The van der Waals surface area contributed by atoms with Gasteiger partial charge in [-0.25, -0.2) is 0 Å². The highest BCUT2D eigenvalue weighted by atomic mass is 16.5. The number of carbonyl (C=O) groups is 1. The number of para-hydroxylation sites is 1. The van der Waals surface area contributed by atoms with E-state index in [4.69, 9.17) is 4.74 Å². The summed E-state index contributed by atoms with van der Waals surface area (Å²) >= 11 is 0. The Labute approximate surface area is 131 Å². The summed E-state index contributed by atoms with van der Waals surface area (Å²) in [4.78, 5) is 14.8. The van der Waals surface area contributed by atoms with Crippen LogP contribution < -0.4 is 4.90 Å². The Morgan fingerprint density at radius 1 is 1.05 bits per heavy atom. The third kappa shape index (κ3) is 3.55. The number of ether oxygens (including phenoxy) is 1. The third-order valence-electron chi connectivity index (χ3n) is 4.03. The first kappa shape index (κ1) is 14.8. The van der Waals surface area contributed by atoms with Gasteiger partial charge in [0.15, 0.2) is 0 Å². The summed E-state index contributed by atoms with van der Waals surface area (Å²) in [6, 6.07) is 20.0. The Hall–Kier alpha value is -2.13. The Balaban J connectivity index is 1.84. The van der Waals surface area contributed by atoms with Crippen molar-refractivity contribution in [3.8, 4) is 0 Å². The number of carbonyl (C=O) groups excluding carboxylic acids is 1. The molecule has 1 amide bonds. The molecule has 1 unspecified atom stereocenters. The Kier molecular flexibility index (Phi) is 4.86. The maximum Gasteiger partial charge on any atom is 0.232 e. The lowest BCUT2D eigenvalue weighted by molar-refractivity contribution is -0.126. The first-order valence-electron chi connectivity index (χ1n) is 7.83. The molecule has 0 bridgehead atoms. The molecule has 114 valence electrons. The Bertz CT molecular complexity index is 591. The van der Waals surface area contributed by atoms with Gasteiger partial charge >= 0.3 is 0 Å². The molecule has 3 rings (SSSR count). The molecular formula is C19H21NO2. The molecule has 1 saturated heterocycles. The molecule has 0 N–H and O–H groups in total. The van der Waals surface area contributed by atoms with E-state index in [0.29, 0.717) is 13.2 Å². The molecule has 0 aromatic heterocycles. The molecule has 1 aliphatic heterocycles. The van der Waals surface area contributed by atoms with Crippen LogP contribution in [-0.4, -0.2) is 19.1 Å². The second kappa shape index (κ2) is 7.23. The van der Waals surface area contributed by atoms with E-state index in [1.165, 1.54) is 0 Å². The smallest absolute Gasteiger partial charge is 0.232 e. The van der Waals surface area contributed by atoms with E-state index in [-0.39, 0.29) is 11.8 Å². The SMILES string of the molecule is O=C(C1CCCOC1)N(Cc1ccccc1)c1ccccc1. The van der Waals surface area contributed by atoms with E-state index in [1.807, 2.05) is 53.4 Å². The number of amides is 1. The molecule has 0 spiro atoms. The van der Waals surface area contributed by atoms with Crippen LogP contribution in [0.25, 0.3) is 0 Å². The minimum atomic E-state index is -0.0299. The van der Waals surface area contributed by atoms with Crippen molar-refractivity contribution in [2.24, 2.45) is 5.92 Å². The van der Waals surface area contributed by atoms with E-state index >= 15 is 0 Å². The van der Waals surface area contributed by atoms with E-state index in [0.717, 1.165) is 30.7 Å². The van der Waals surface area contributed by atoms with Gasteiger partial charge in [0.2, 0.25) is 5.91 Å². The zero-order valence-electron chi connectivity index (χ0n) is 12.7. The van der Waals surface area contributed by atoms with Crippen molar-refractivity contribution >= 4 is 11.6 Å². The number of benzene rings is 2. The van der Waals surface area contributed by atoms with Crippen LogP contribution in [0.2, 0.25) is 0 Å². The van der Waals surface area contributed by atoms with E-state index in [9.17, 15) is 4.79 Å². The Morgan fingerprint density at radius 3 is 2.36 bits per heavy atom.